The maximum Gasteiger partial charge on any atom is 0.257 e. The summed E-state index contributed by atoms with van der Waals surface area (Å²) in [5.74, 6) is -0.0301. The van der Waals surface area contributed by atoms with Crippen LogP contribution in [-0.4, -0.2) is 84.4 Å². The van der Waals surface area contributed by atoms with Crippen molar-refractivity contribution in [2.75, 3.05) is 53.0 Å². The Labute approximate surface area is 206 Å². The highest BCUT2D eigenvalue weighted by Gasteiger charge is 2.27. The van der Waals surface area contributed by atoms with Crippen molar-refractivity contribution in [3.8, 4) is 16.9 Å². The van der Waals surface area contributed by atoms with Crippen molar-refractivity contribution in [2.24, 2.45) is 0 Å². The molecule has 35 heavy (non-hydrogen) atoms. The third kappa shape index (κ3) is 6.35. The molecule has 8 nitrogen and oxygen atoms in total. The summed E-state index contributed by atoms with van der Waals surface area (Å²) < 4.78 is 6.78. The van der Waals surface area contributed by atoms with Gasteiger partial charge >= 0.3 is 0 Å². The maximum absolute atomic E-state index is 13.6. The van der Waals surface area contributed by atoms with Gasteiger partial charge < -0.3 is 15.0 Å². The molecule has 0 bridgehead atoms. The van der Waals surface area contributed by atoms with E-state index in [1.54, 1.807) is 11.8 Å². The highest BCUT2D eigenvalue weighted by Crippen LogP contribution is 2.25. The summed E-state index contributed by atoms with van der Waals surface area (Å²) >= 11 is 0. The topological polar surface area (TPSA) is 79.7 Å². The van der Waals surface area contributed by atoms with E-state index in [1.807, 2.05) is 72.6 Å². The number of piperazine rings is 1. The molecule has 1 aliphatic rings. The number of benzene rings is 2. The van der Waals surface area contributed by atoms with Gasteiger partial charge in [0.15, 0.2) is 0 Å². The van der Waals surface area contributed by atoms with Crippen LogP contribution in [0.2, 0.25) is 0 Å². The number of rotatable bonds is 9. The Morgan fingerprint density at radius 3 is 2.40 bits per heavy atom. The molecule has 1 fully saturated rings. The molecule has 2 heterocycles. The first-order chi connectivity index (χ1) is 17.0. The van der Waals surface area contributed by atoms with E-state index < -0.39 is 0 Å². The van der Waals surface area contributed by atoms with Gasteiger partial charge in [0.25, 0.3) is 5.91 Å². The summed E-state index contributed by atoms with van der Waals surface area (Å²) in [6.45, 7) is 6.08. The maximum atomic E-state index is 13.6. The molecule has 0 radical (unpaired) electrons. The van der Waals surface area contributed by atoms with Gasteiger partial charge in [-0.2, -0.15) is 5.10 Å². The average molecular weight is 476 g/mol. The zero-order valence-corrected chi connectivity index (χ0v) is 20.4. The van der Waals surface area contributed by atoms with Crippen LogP contribution < -0.4 is 5.32 Å². The van der Waals surface area contributed by atoms with Crippen LogP contribution in [0.3, 0.4) is 0 Å². The highest BCUT2D eigenvalue weighted by molar-refractivity contribution is 6.00. The van der Waals surface area contributed by atoms with Crippen LogP contribution in [0.4, 0.5) is 0 Å². The van der Waals surface area contributed by atoms with Crippen LogP contribution in [0.25, 0.3) is 16.9 Å². The van der Waals surface area contributed by atoms with E-state index in [4.69, 9.17) is 9.84 Å². The summed E-state index contributed by atoms with van der Waals surface area (Å²) in [7, 11) is 1.65. The first-order valence-electron chi connectivity index (χ1n) is 12.0. The van der Waals surface area contributed by atoms with E-state index in [-0.39, 0.29) is 11.8 Å². The second-order valence-electron chi connectivity index (χ2n) is 8.80. The number of methoxy groups -OCH3 is 1. The van der Waals surface area contributed by atoms with Gasteiger partial charge in [-0.1, -0.05) is 48.0 Å². The summed E-state index contributed by atoms with van der Waals surface area (Å²) in [6.07, 6.45) is 2.62. The Balaban J connectivity index is 1.44. The lowest BCUT2D eigenvalue weighted by atomic mass is 10.1. The lowest BCUT2D eigenvalue weighted by Crippen LogP contribution is -2.51. The number of hydrogen-bond donors (Lipinski definition) is 1. The number of hydrogen-bond acceptors (Lipinski definition) is 5. The lowest BCUT2D eigenvalue weighted by molar-refractivity contribution is -0.122. The second-order valence-corrected chi connectivity index (χ2v) is 8.80. The number of amides is 2. The van der Waals surface area contributed by atoms with Gasteiger partial charge in [0.05, 0.1) is 17.8 Å². The Bertz CT molecular complexity index is 1120. The van der Waals surface area contributed by atoms with Crippen LogP contribution in [0.15, 0.2) is 60.8 Å². The second kappa shape index (κ2) is 11.8. The normalized spacial score (nSPS) is 14.2. The van der Waals surface area contributed by atoms with E-state index in [1.165, 1.54) is 5.56 Å². The predicted octanol–water partition coefficient (Wildman–Crippen LogP) is 2.76. The molecule has 1 saturated heterocycles. The molecule has 0 unspecified atom stereocenters. The molecule has 8 heteroatoms. The van der Waals surface area contributed by atoms with Crippen molar-refractivity contribution in [2.45, 2.75) is 13.3 Å². The fourth-order valence-electron chi connectivity index (χ4n) is 4.15. The van der Waals surface area contributed by atoms with Crippen LogP contribution >= 0.6 is 0 Å². The summed E-state index contributed by atoms with van der Waals surface area (Å²) in [5.41, 5.74) is 4.25. The minimum Gasteiger partial charge on any atom is -0.385 e. The zero-order valence-electron chi connectivity index (χ0n) is 20.4. The van der Waals surface area contributed by atoms with E-state index in [0.29, 0.717) is 57.1 Å². The highest BCUT2D eigenvalue weighted by atomic mass is 16.5. The third-order valence-corrected chi connectivity index (χ3v) is 6.16. The number of aromatic nitrogens is 2. The molecule has 4 rings (SSSR count). The van der Waals surface area contributed by atoms with Gasteiger partial charge in [-0.25, -0.2) is 4.68 Å². The molecular formula is C27H33N5O3. The van der Waals surface area contributed by atoms with Gasteiger partial charge in [-0.15, -0.1) is 0 Å². The van der Waals surface area contributed by atoms with Crippen LogP contribution in [0.1, 0.15) is 22.3 Å². The van der Waals surface area contributed by atoms with E-state index in [0.717, 1.165) is 17.7 Å². The molecule has 0 aliphatic carbocycles. The molecule has 1 N–H and O–H groups in total. The van der Waals surface area contributed by atoms with Gasteiger partial charge in [0, 0.05) is 58.2 Å². The average Bonchev–Trinajstić information content (AvgIpc) is 3.33. The first kappa shape index (κ1) is 24.6. The standard InChI is InChI=1S/C27H33N5O3/c1-21-9-11-23(12-10-21)32-19-24(26(29-32)22-7-4-3-5-8-22)27(34)31-16-14-30(15-17-31)20-25(33)28-13-6-18-35-2/h3-5,7-12,19H,6,13-18,20H2,1-2H3,(H,28,33). The molecule has 2 aromatic carbocycles. The van der Waals surface area contributed by atoms with Crippen molar-refractivity contribution in [1.82, 2.24) is 24.9 Å². The molecule has 1 aliphatic heterocycles. The van der Waals surface area contributed by atoms with Crippen molar-refractivity contribution >= 4 is 11.8 Å². The quantitative estimate of drug-likeness (QED) is 0.482. The number of ether oxygens (including phenoxy) is 1. The van der Waals surface area contributed by atoms with Gasteiger partial charge in [-0.05, 0) is 25.5 Å². The monoisotopic (exact) mass is 475 g/mol. The fraction of sp³-hybridized carbons (Fsp3) is 0.370. The van der Waals surface area contributed by atoms with Crippen LogP contribution in [0.5, 0.6) is 0 Å². The Morgan fingerprint density at radius 2 is 1.71 bits per heavy atom. The van der Waals surface area contributed by atoms with Crippen molar-refractivity contribution in [1.29, 1.82) is 0 Å². The SMILES string of the molecule is COCCCNC(=O)CN1CCN(C(=O)c2cn(-c3ccc(C)cc3)nc2-c2ccccc2)CC1. The number of aryl methyl sites for hydroxylation is 1. The van der Waals surface area contributed by atoms with E-state index in [2.05, 4.69) is 10.2 Å². The van der Waals surface area contributed by atoms with Crippen molar-refractivity contribution < 1.29 is 14.3 Å². The predicted molar refractivity (Wildman–Crippen MR) is 136 cm³/mol. The lowest BCUT2D eigenvalue weighted by Gasteiger charge is -2.34. The molecule has 3 aromatic rings. The molecule has 2 amide bonds. The Hall–Kier alpha value is -3.49. The van der Waals surface area contributed by atoms with Crippen LogP contribution in [0, 0.1) is 6.92 Å². The first-order valence-corrected chi connectivity index (χ1v) is 12.0. The smallest absolute Gasteiger partial charge is 0.257 e. The molecule has 1 aromatic heterocycles. The molecular weight excluding hydrogens is 442 g/mol. The van der Waals surface area contributed by atoms with Gasteiger partial charge in [0.2, 0.25) is 5.91 Å². The Kier molecular flexibility index (Phi) is 8.28. The zero-order chi connectivity index (χ0) is 24.6. The number of carbonyl (C=O) groups excluding carboxylic acids is 2. The fourth-order valence-corrected chi connectivity index (χ4v) is 4.15. The van der Waals surface area contributed by atoms with Gasteiger partial charge in [0.1, 0.15) is 5.69 Å². The summed E-state index contributed by atoms with van der Waals surface area (Å²) in [6, 6.07) is 17.9. The molecule has 0 atom stereocenters. The summed E-state index contributed by atoms with van der Waals surface area (Å²) in [4.78, 5) is 29.7. The minimum atomic E-state index is -0.0362. The third-order valence-electron chi connectivity index (χ3n) is 6.16. The van der Waals surface area contributed by atoms with E-state index >= 15 is 0 Å². The molecule has 184 valence electrons. The largest absolute Gasteiger partial charge is 0.385 e. The number of nitrogens with one attached hydrogen (secondary N) is 1. The van der Waals surface area contributed by atoms with E-state index in [9.17, 15) is 9.59 Å². The van der Waals surface area contributed by atoms with Crippen molar-refractivity contribution in [3.05, 3.63) is 71.9 Å². The Morgan fingerprint density at radius 1 is 1.00 bits per heavy atom. The van der Waals surface area contributed by atoms with Crippen molar-refractivity contribution in [3.63, 3.8) is 0 Å². The molecule has 0 saturated carbocycles. The summed E-state index contributed by atoms with van der Waals surface area (Å²) in [5, 5.41) is 7.71. The van der Waals surface area contributed by atoms with Gasteiger partial charge in [-0.3, -0.25) is 14.5 Å². The van der Waals surface area contributed by atoms with Crippen LogP contribution in [-0.2, 0) is 9.53 Å². The minimum absolute atomic E-state index is 0.00613. The number of carbonyl (C=O) groups is 2. The number of nitrogens with zero attached hydrogens (tertiary/aromatic N) is 4. The molecule has 0 spiro atoms.